The number of rotatable bonds is 8. The number of Topliss-reactive ketones (excluding diaryl/α,β-unsaturated/α-hetero) is 1. The van der Waals surface area contributed by atoms with E-state index in [2.05, 4.69) is 18.7 Å². The first-order valence-electron chi connectivity index (χ1n) is 10.1. The van der Waals surface area contributed by atoms with Gasteiger partial charge in [0.25, 0.3) is 20.2 Å². The number of nitrogen functional groups attached to an aromatic ring is 2. The molecule has 0 amide bonds. The second-order valence-corrected chi connectivity index (χ2v) is 11.6. The fourth-order valence-electron chi connectivity index (χ4n) is 3.50. The van der Waals surface area contributed by atoms with Crippen LogP contribution in [0.2, 0.25) is 0 Å². The first-order chi connectivity index (χ1) is 18.7. The normalized spacial score (nSPS) is 13.4. The first-order valence-corrected chi connectivity index (χ1v) is 14.4. The van der Waals surface area contributed by atoms with Crippen LogP contribution < -0.4 is 11.5 Å². The summed E-state index contributed by atoms with van der Waals surface area (Å²) in [6.45, 7) is 0. The van der Waals surface area contributed by atoms with Crippen LogP contribution in [0.25, 0.3) is 16.8 Å². The fourth-order valence-corrected chi connectivity index (χ4v) is 5.99. The number of benzene rings is 3. The maximum Gasteiger partial charge on any atom is 0.297 e. The Hall–Kier alpha value is -3.12. The molecule has 9 N–H and O–H groups in total. The second kappa shape index (κ2) is 12.6. The van der Waals surface area contributed by atoms with E-state index in [1.54, 1.807) is 6.07 Å². The molecule has 1 aliphatic rings. The van der Waals surface area contributed by atoms with Gasteiger partial charge in [0.05, 0.1) is 39.6 Å². The zero-order valence-corrected chi connectivity index (χ0v) is 22.6. The molecule has 16 nitrogen and oxygen atoms in total. The molecule has 0 radical (unpaired) electrons. The van der Waals surface area contributed by atoms with Gasteiger partial charge in [0, 0.05) is 27.6 Å². The molecule has 0 aromatic heterocycles. The quantitative estimate of drug-likeness (QED) is 0.0614. The predicted octanol–water partition coefficient (Wildman–Crippen LogP) is 3.24. The number of carbonyl (C=O) groups excluding carboxylic acids is 1. The molecule has 214 valence electrons. The molecule has 20 heteroatoms. The second-order valence-electron chi connectivity index (χ2n) is 7.39. The Morgan fingerprint density at radius 1 is 0.800 bits per heavy atom. The van der Waals surface area contributed by atoms with Gasteiger partial charge in [0.15, 0.2) is 0 Å². The molecule has 0 saturated heterocycles. The Labute approximate surface area is 233 Å². The van der Waals surface area contributed by atoms with E-state index in [9.17, 15) is 26.2 Å². The number of hydrogen-bond acceptors (Lipinski definition) is 16. The van der Waals surface area contributed by atoms with Crippen molar-refractivity contribution in [1.82, 2.24) is 0 Å². The highest BCUT2D eigenvalue weighted by molar-refractivity contribution is 7.99. The average molecular weight is 636 g/mol. The lowest BCUT2D eigenvalue weighted by atomic mass is 9.94. The van der Waals surface area contributed by atoms with E-state index in [1.165, 1.54) is 30.3 Å². The minimum atomic E-state index is -4.68. The van der Waals surface area contributed by atoms with Crippen LogP contribution in [-0.2, 0) is 39.0 Å². The molecule has 0 bridgehead atoms. The molecule has 0 spiro atoms. The van der Waals surface area contributed by atoms with Crippen LogP contribution in [0.5, 0.6) is 0 Å². The van der Waals surface area contributed by atoms with Gasteiger partial charge in [-0.05, 0) is 30.3 Å². The van der Waals surface area contributed by atoms with E-state index < -0.39 is 36.6 Å². The average Bonchev–Trinajstić information content (AvgIpc) is 2.88. The van der Waals surface area contributed by atoms with Gasteiger partial charge in [-0.2, -0.15) is 16.8 Å². The summed E-state index contributed by atoms with van der Waals surface area (Å²) in [6, 6.07) is 9.64. The summed E-state index contributed by atoms with van der Waals surface area (Å²) in [5.74, 6) is -0.790. The van der Waals surface area contributed by atoms with Crippen LogP contribution in [0, 0.1) is 5.41 Å². The van der Waals surface area contributed by atoms with Crippen molar-refractivity contribution in [3.63, 3.8) is 0 Å². The van der Waals surface area contributed by atoms with Crippen molar-refractivity contribution < 1.29 is 60.0 Å². The summed E-state index contributed by atoms with van der Waals surface area (Å²) >= 11 is 0.946. The van der Waals surface area contributed by atoms with Gasteiger partial charge >= 0.3 is 0 Å². The Morgan fingerprint density at radius 2 is 1.43 bits per heavy atom. The van der Waals surface area contributed by atoms with Crippen molar-refractivity contribution in [3.8, 4) is 0 Å². The van der Waals surface area contributed by atoms with Crippen molar-refractivity contribution in [3.05, 3.63) is 58.5 Å². The Bertz CT molecular complexity index is 1740. The highest BCUT2D eigenvalue weighted by Gasteiger charge is 2.31. The molecule has 0 aliphatic heterocycles. The molecule has 3 aromatic rings. The number of hydrogen-bond donors (Lipinski definition) is 7. The monoisotopic (exact) mass is 635 g/mol. The summed E-state index contributed by atoms with van der Waals surface area (Å²) in [5.41, 5.74) is 10.6. The topological polar surface area (TPSA) is 279 Å². The number of fused-ring (bicyclic) bond motifs is 2. The lowest BCUT2D eigenvalue weighted by Gasteiger charge is -2.18. The highest BCUT2D eigenvalue weighted by atomic mass is 32.2. The van der Waals surface area contributed by atoms with E-state index >= 15 is 0 Å². The summed E-state index contributed by atoms with van der Waals surface area (Å²) in [6.07, 6.45) is 1.11. The van der Waals surface area contributed by atoms with Crippen molar-refractivity contribution in [1.29, 1.82) is 5.41 Å². The van der Waals surface area contributed by atoms with Gasteiger partial charge in [0.1, 0.15) is 15.5 Å². The van der Waals surface area contributed by atoms with Crippen LogP contribution in [0.15, 0.2) is 62.1 Å². The summed E-state index contributed by atoms with van der Waals surface area (Å²) in [7, 11) is -9.03. The summed E-state index contributed by atoms with van der Waals surface area (Å²) in [5, 5.41) is 31.5. The zero-order chi connectivity index (χ0) is 29.8. The number of carbonyl (C=O) groups is 1. The van der Waals surface area contributed by atoms with E-state index in [-0.39, 0.29) is 32.0 Å². The lowest BCUT2D eigenvalue weighted by molar-refractivity contribution is -0.432. The van der Waals surface area contributed by atoms with E-state index in [0.717, 1.165) is 12.1 Å². The molecule has 0 saturated carbocycles. The SMILES string of the molecule is N=C1C(=O)c2ccc(N)c(S(=O)(=O)O)c2C=C1SOOO.Nc1ccc2c(S(=O)(=O)O)cccc2c1SOOO. The van der Waals surface area contributed by atoms with E-state index in [4.69, 9.17) is 31.9 Å². The molecule has 0 fully saturated rings. The van der Waals surface area contributed by atoms with Crippen LogP contribution in [-0.4, -0.2) is 48.0 Å². The molecule has 4 rings (SSSR count). The van der Waals surface area contributed by atoms with Crippen molar-refractivity contribution in [2.75, 3.05) is 11.5 Å². The molecule has 1 aliphatic carbocycles. The van der Waals surface area contributed by atoms with Gasteiger partial charge in [-0.1, -0.05) is 28.3 Å². The maximum atomic E-state index is 12.0. The highest BCUT2D eigenvalue weighted by Crippen LogP contribution is 2.37. The third-order valence-corrected chi connectivity index (χ3v) is 8.33. The van der Waals surface area contributed by atoms with Gasteiger partial charge in [0.2, 0.25) is 5.78 Å². The molecular formula is C20H17N3O13S4. The van der Waals surface area contributed by atoms with Crippen molar-refractivity contribution >= 4 is 84.0 Å². The largest absolute Gasteiger partial charge is 0.398 e. The van der Waals surface area contributed by atoms with Crippen molar-refractivity contribution in [2.45, 2.75) is 14.7 Å². The molecule has 40 heavy (non-hydrogen) atoms. The zero-order valence-electron chi connectivity index (χ0n) is 19.4. The number of allylic oxidation sites excluding steroid dienone is 1. The predicted molar refractivity (Wildman–Crippen MR) is 142 cm³/mol. The molecule has 3 aromatic carbocycles. The van der Waals surface area contributed by atoms with Gasteiger partial charge in [-0.15, -0.1) is 8.67 Å². The molecule has 0 heterocycles. The van der Waals surface area contributed by atoms with Crippen LogP contribution >= 0.6 is 24.1 Å². The Kier molecular flexibility index (Phi) is 9.89. The first kappa shape index (κ1) is 31.4. The molecule has 0 atom stereocenters. The minimum absolute atomic E-state index is 0.101. The standard InChI is InChI=1S/C10H8N2O7S2.C10H9NO6S2/c11-6-2-1-4-5(10(6)21(15,16)17)3-7(20-19-18-14)8(12)9(4)13;11-8-5-4-6-7(10(8)18-17-16-12)2-1-3-9(6)19(13,14)15/h1-3,12,14H,11H2,(H,15,16,17);1-5,12H,11H2,(H,13,14,15). The summed E-state index contributed by atoms with van der Waals surface area (Å²) < 4.78 is 72.2. The van der Waals surface area contributed by atoms with Gasteiger partial charge < -0.3 is 11.5 Å². The van der Waals surface area contributed by atoms with Crippen LogP contribution in [0.3, 0.4) is 0 Å². The molecular weight excluding hydrogens is 618 g/mol. The van der Waals surface area contributed by atoms with Crippen LogP contribution in [0.4, 0.5) is 11.4 Å². The smallest absolute Gasteiger partial charge is 0.297 e. The summed E-state index contributed by atoms with van der Waals surface area (Å²) in [4.78, 5) is 11.4. The van der Waals surface area contributed by atoms with E-state index in [1.807, 2.05) is 0 Å². The maximum absolute atomic E-state index is 12.0. The lowest BCUT2D eigenvalue weighted by Crippen LogP contribution is -2.22. The number of ketones is 1. The number of anilines is 2. The molecule has 0 unspecified atom stereocenters. The van der Waals surface area contributed by atoms with Crippen LogP contribution in [0.1, 0.15) is 15.9 Å². The third-order valence-electron chi connectivity index (χ3n) is 5.06. The van der Waals surface area contributed by atoms with Crippen molar-refractivity contribution in [2.24, 2.45) is 0 Å². The van der Waals surface area contributed by atoms with Gasteiger partial charge in [-0.3, -0.25) is 19.3 Å². The Balaban J connectivity index is 0.000000222. The number of nitrogens with one attached hydrogen (secondary N) is 1. The number of nitrogens with two attached hydrogens (primary N) is 2. The fraction of sp³-hybridized carbons (Fsp3) is 0. The van der Waals surface area contributed by atoms with Gasteiger partial charge in [-0.25, -0.2) is 10.5 Å². The third kappa shape index (κ3) is 6.77. The minimum Gasteiger partial charge on any atom is -0.398 e. The van der Waals surface area contributed by atoms with E-state index in [0.29, 0.717) is 40.1 Å². The Morgan fingerprint density at radius 3 is 2.02 bits per heavy atom.